The standard InChI is InChI=1S/C17H21N3OS/c1-12-11-18-19-16(13(12)2)20-7-5-17(6-8-20)14-4-10-22-15(14)3-9-21-17/h4,10-11H,3,5-9H2,1-2H3. The first kappa shape index (κ1) is 14.2. The molecule has 2 aromatic heterocycles. The van der Waals surface area contributed by atoms with Gasteiger partial charge in [0.15, 0.2) is 5.82 Å². The van der Waals surface area contributed by atoms with Gasteiger partial charge < -0.3 is 9.64 Å². The molecule has 2 aliphatic heterocycles. The highest BCUT2D eigenvalue weighted by Crippen LogP contribution is 2.44. The van der Waals surface area contributed by atoms with Crippen molar-refractivity contribution in [3.63, 3.8) is 0 Å². The molecule has 1 spiro atoms. The molecule has 4 nitrogen and oxygen atoms in total. The molecule has 4 rings (SSSR count). The average molecular weight is 315 g/mol. The zero-order valence-electron chi connectivity index (χ0n) is 13.1. The van der Waals surface area contributed by atoms with Crippen LogP contribution in [-0.4, -0.2) is 29.9 Å². The van der Waals surface area contributed by atoms with E-state index in [1.54, 1.807) is 0 Å². The number of hydrogen-bond donors (Lipinski definition) is 0. The number of anilines is 1. The normalized spacial score (nSPS) is 20.2. The van der Waals surface area contributed by atoms with Crippen LogP contribution in [0.25, 0.3) is 0 Å². The minimum Gasteiger partial charge on any atom is -0.370 e. The van der Waals surface area contributed by atoms with Crippen molar-refractivity contribution >= 4 is 17.2 Å². The fourth-order valence-electron chi connectivity index (χ4n) is 3.67. The molecular weight excluding hydrogens is 294 g/mol. The van der Waals surface area contributed by atoms with Crippen molar-refractivity contribution in [3.05, 3.63) is 39.2 Å². The molecule has 0 amide bonds. The number of fused-ring (bicyclic) bond motifs is 2. The second-order valence-electron chi connectivity index (χ2n) is 6.31. The van der Waals surface area contributed by atoms with Gasteiger partial charge in [0, 0.05) is 24.4 Å². The largest absolute Gasteiger partial charge is 0.370 e. The average Bonchev–Trinajstić information content (AvgIpc) is 3.02. The number of thiophene rings is 1. The summed E-state index contributed by atoms with van der Waals surface area (Å²) in [5.41, 5.74) is 3.83. The third-order valence-corrected chi connectivity index (χ3v) is 6.13. The Kier molecular flexibility index (Phi) is 3.42. The summed E-state index contributed by atoms with van der Waals surface area (Å²) < 4.78 is 6.27. The van der Waals surface area contributed by atoms with Gasteiger partial charge in [0.2, 0.25) is 0 Å². The quantitative estimate of drug-likeness (QED) is 0.810. The van der Waals surface area contributed by atoms with Crippen LogP contribution in [0.3, 0.4) is 0 Å². The van der Waals surface area contributed by atoms with Gasteiger partial charge in [-0.1, -0.05) is 0 Å². The predicted octanol–water partition coefficient (Wildman–Crippen LogP) is 3.22. The highest BCUT2D eigenvalue weighted by atomic mass is 32.1. The maximum Gasteiger partial charge on any atom is 0.154 e. The summed E-state index contributed by atoms with van der Waals surface area (Å²) in [6.07, 6.45) is 4.98. The zero-order chi connectivity index (χ0) is 15.2. The maximum absolute atomic E-state index is 6.27. The van der Waals surface area contributed by atoms with E-state index in [0.29, 0.717) is 0 Å². The van der Waals surface area contributed by atoms with Gasteiger partial charge in [0.05, 0.1) is 18.4 Å². The van der Waals surface area contributed by atoms with E-state index in [4.69, 9.17) is 4.74 Å². The van der Waals surface area contributed by atoms with Gasteiger partial charge in [0.1, 0.15) is 0 Å². The molecule has 0 bridgehead atoms. The molecular formula is C17H21N3OS. The number of hydrogen-bond acceptors (Lipinski definition) is 5. The minimum absolute atomic E-state index is 0.0603. The molecule has 1 saturated heterocycles. The van der Waals surface area contributed by atoms with E-state index < -0.39 is 0 Å². The van der Waals surface area contributed by atoms with Gasteiger partial charge in [-0.05, 0) is 54.8 Å². The van der Waals surface area contributed by atoms with E-state index in [2.05, 4.69) is 40.4 Å². The molecule has 0 atom stereocenters. The summed E-state index contributed by atoms with van der Waals surface area (Å²) >= 11 is 1.88. The molecule has 116 valence electrons. The maximum atomic E-state index is 6.27. The van der Waals surface area contributed by atoms with E-state index in [0.717, 1.165) is 44.8 Å². The zero-order valence-corrected chi connectivity index (χ0v) is 13.9. The Morgan fingerprint density at radius 3 is 2.91 bits per heavy atom. The van der Waals surface area contributed by atoms with Crippen LogP contribution in [0.15, 0.2) is 17.6 Å². The second-order valence-corrected chi connectivity index (χ2v) is 7.31. The summed E-state index contributed by atoms with van der Waals surface area (Å²) in [4.78, 5) is 3.89. The fraction of sp³-hybridized carbons (Fsp3) is 0.529. The summed E-state index contributed by atoms with van der Waals surface area (Å²) in [6, 6.07) is 2.27. The van der Waals surface area contributed by atoms with Gasteiger partial charge in [-0.15, -0.1) is 16.4 Å². The van der Waals surface area contributed by atoms with E-state index in [1.165, 1.54) is 21.6 Å². The molecule has 0 saturated carbocycles. The van der Waals surface area contributed by atoms with Gasteiger partial charge in [-0.25, -0.2) is 0 Å². The Bertz CT molecular complexity index is 689. The van der Waals surface area contributed by atoms with Crippen LogP contribution in [0.5, 0.6) is 0 Å². The number of aromatic nitrogens is 2. The Balaban J connectivity index is 1.58. The van der Waals surface area contributed by atoms with Crippen molar-refractivity contribution in [1.82, 2.24) is 10.2 Å². The minimum atomic E-state index is -0.0603. The first-order valence-corrected chi connectivity index (χ1v) is 8.82. The summed E-state index contributed by atoms with van der Waals surface area (Å²) in [7, 11) is 0. The first-order chi connectivity index (χ1) is 10.7. The van der Waals surface area contributed by atoms with Crippen LogP contribution < -0.4 is 4.90 Å². The van der Waals surface area contributed by atoms with Crippen molar-refractivity contribution in [2.45, 2.75) is 38.7 Å². The van der Waals surface area contributed by atoms with Crippen LogP contribution in [0.4, 0.5) is 5.82 Å². The third kappa shape index (κ3) is 2.15. The lowest BCUT2D eigenvalue weighted by molar-refractivity contribution is -0.0757. The lowest BCUT2D eigenvalue weighted by Crippen LogP contribution is -2.46. The SMILES string of the molecule is Cc1cnnc(N2CCC3(CC2)OCCc2sccc23)c1C. The van der Waals surface area contributed by atoms with E-state index in [1.807, 2.05) is 17.5 Å². The van der Waals surface area contributed by atoms with E-state index >= 15 is 0 Å². The van der Waals surface area contributed by atoms with E-state index in [-0.39, 0.29) is 5.60 Å². The van der Waals surface area contributed by atoms with Crippen LogP contribution in [0.2, 0.25) is 0 Å². The lowest BCUT2D eigenvalue weighted by Gasteiger charge is -2.44. The van der Waals surface area contributed by atoms with Gasteiger partial charge >= 0.3 is 0 Å². The van der Waals surface area contributed by atoms with Crippen LogP contribution in [0, 0.1) is 13.8 Å². The molecule has 22 heavy (non-hydrogen) atoms. The van der Waals surface area contributed by atoms with Crippen molar-refractivity contribution in [2.24, 2.45) is 0 Å². The second kappa shape index (κ2) is 5.32. The van der Waals surface area contributed by atoms with Gasteiger partial charge in [-0.2, -0.15) is 5.10 Å². The van der Waals surface area contributed by atoms with Crippen molar-refractivity contribution in [1.29, 1.82) is 0 Å². The predicted molar refractivity (Wildman–Crippen MR) is 88.6 cm³/mol. The molecule has 0 aromatic carbocycles. The van der Waals surface area contributed by atoms with Crippen molar-refractivity contribution in [3.8, 4) is 0 Å². The van der Waals surface area contributed by atoms with Crippen molar-refractivity contribution in [2.75, 3.05) is 24.6 Å². The highest BCUT2D eigenvalue weighted by molar-refractivity contribution is 7.10. The molecule has 0 N–H and O–H groups in total. The van der Waals surface area contributed by atoms with Gasteiger partial charge in [0.25, 0.3) is 0 Å². The summed E-state index contributed by atoms with van der Waals surface area (Å²) in [5.74, 6) is 1.04. The topological polar surface area (TPSA) is 38.2 Å². The monoisotopic (exact) mass is 315 g/mol. The molecule has 0 radical (unpaired) electrons. The molecule has 0 unspecified atom stereocenters. The summed E-state index contributed by atoms with van der Waals surface area (Å²) in [5, 5.41) is 10.7. The number of ether oxygens (including phenoxy) is 1. The molecule has 4 heterocycles. The van der Waals surface area contributed by atoms with Gasteiger partial charge in [-0.3, -0.25) is 0 Å². The molecule has 5 heteroatoms. The number of aryl methyl sites for hydroxylation is 1. The first-order valence-electron chi connectivity index (χ1n) is 7.94. The van der Waals surface area contributed by atoms with Crippen LogP contribution >= 0.6 is 11.3 Å². The van der Waals surface area contributed by atoms with E-state index in [9.17, 15) is 0 Å². The van der Waals surface area contributed by atoms with Crippen LogP contribution in [-0.2, 0) is 16.8 Å². The fourth-order valence-corrected chi connectivity index (χ4v) is 4.62. The Labute approximate surface area is 135 Å². The number of nitrogens with zero attached hydrogens (tertiary/aromatic N) is 3. The smallest absolute Gasteiger partial charge is 0.154 e. The Morgan fingerprint density at radius 2 is 2.09 bits per heavy atom. The number of piperidine rings is 1. The Hall–Kier alpha value is -1.46. The Morgan fingerprint density at radius 1 is 1.27 bits per heavy atom. The lowest BCUT2D eigenvalue weighted by atomic mass is 9.82. The third-order valence-electron chi connectivity index (χ3n) is 5.15. The molecule has 1 fully saturated rings. The summed E-state index contributed by atoms with van der Waals surface area (Å²) in [6.45, 7) is 7.05. The number of rotatable bonds is 1. The molecule has 2 aliphatic rings. The molecule has 0 aliphatic carbocycles. The van der Waals surface area contributed by atoms with Crippen molar-refractivity contribution < 1.29 is 4.74 Å². The van der Waals surface area contributed by atoms with Crippen LogP contribution in [0.1, 0.15) is 34.4 Å². The highest BCUT2D eigenvalue weighted by Gasteiger charge is 2.41. The molecule has 2 aromatic rings.